The Balaban J connectivity index is 2.69. The molecule has 0 aliphatic carbocycles. The number of amidine groups is 1. The van der Waals surface area contributed by atoms with Crippen molar-refractivity contribution in [1.29, 1.82) is 0 Å². The topological polar surface area (TPSA) is 84.0 Å². The van der Waals surface area contributed by atoms with Crippen LogP contribution in [0.2, 0.25) is 0 Å². The Morgan fingerprint density at radius 3 is 2.78 bits per heavy atom. The van der Waals surface area contributed by atoms with E-state index in [9.17, 15) is 0 Å². The number of hydrogen-bond donors (Lipinski definition) is 2. The zero-order chi connectivity index (χ0) is 13.4. The van der Waals surface area contributed by atoms with E-state index in [2.05, 4.69) is 22.0 Å². The van der Waals surface area contributed by atoms with Gasteiger partial charge < -0.3 is 20.6 Å². The maximum atomic E-state index is 8.56. The molecule has 6 nitrogen and oxygen atoms in total. The standard InChI is InChI=1S/C12H20N4O2/c1-3-16(7-8-18-4-2)11-6-5-10(9-14-11)12(13)15-17/h5-6,9,17H,3-4,7-8H2,1-2H3,(H2,13,15). The van der Waals surface area contributed by atoms with E-state index in [0.717, 1.165) is 18.9 Å². The average molecular weight is 252 g/mol. The first kappa shape index (κ1) is 14.2. The van der Waals surface area contributed by atoms with Crippen molar-refractivity contribution < 1.29 is 9.94 Å². The first-order valence-corrected chi connectivity index (χ1v) is 5.99. The summed E-state index contributed by atoms with van der Waals surface area (Å²) in [6, 6.07) is 3.63. The lowest BCUT2D eigenvalue weighted by Crippen LogP contribution is -2.28. The number of aromatic nitrogens is 1. The van der Waals surface area contributed by atoms with Crippen LogP contribution in [0.1, 0.15) is 19.4 Å². The molecular weight excluding hydrogens is 232 g/mol. The summed E-state index contributed by atoms with van der Waals surface area (Å²) in [5.74, 6) is 0.915. The summed E-state index contributed by atoms with van der Waals surface area (Å²) in [6.07, 6.45) is 1.59. The van der Waals surface area contributed by atoms with Gasteiger partial charge >= 0.3 is 0 Å². The van der Waals surface area contributed by atoms with Crippen molar-refractivity contribution in [1.82, 2.24) is 4.98 Å². The summed E-state index contributed by atoms with van der Waals surface area (Å²) in [7, 11) is 0. The van der Waals surface area contributed by atoms with Crippen molar-refractivity contribution in [3.05, 3.63) is 23.9 Å². The summed E-state index contributed by atoms with van der Waals surface area (Å²) >= 11 is 0. The molecule has 0 saturated heterocycles. The lowest BCUT2D eigenvalue weighted by molar-refractivity contribution is 0.154. The third-order valence-corrected chi connectivity index (χ3v) is 2.57. The minimum atomic E-state index is 0.0615. The van der Waals surface area contributed by atoms with E-state index < -0.39 is 0 Å². The van der Waals surface area contributed by atoms with E-state index in [-0.39, 0.29) is 5.84 Å². The number of rotatable bonds is 7. The Morgan fingerprint density at radius 1 is 1.50 bits per heavy atom. The minimum Gasteiger partial charge on any atom is -0.409 e. The summed E-state index contributed by atoms with van der Waals surface area (Å²) in [5.41, 5.74) is 6.08. The van der Waals surface area contributed by atoms with Gasteiger partial charge in [-0.25, -0.2) is 4.98 Å². The van der Waals surface area contributed by atoms with Crippen molar-refractivity contribution in [2.45, 2.75) is 13.8 Å². The molecule has 0 aliphatic heterocycles. The monoisotopic (exact) mass is 252 g/mol. The van der Waals surface area contributed by atoms with Gasteiger partial charge in [-0.3, -0.25) is 0 Å². The molecule has 18 heavy (non-hydrogen) atoms. The van der Waals surface area contributed by atoms with Crippen LogP contribution in [0.3, 0.4) is 0 Å². The second kappa shape index (κ2) is 7.50. The highest BCUT2D eigenvalue weighted by atomic mass is 16.5. The van der Waals surface area contributed by atoms with Crippen molar-refractivity contribution >= 4 is 11.7 Å². The number of ether oxygens (including phenoxy) is 1. The molecule has 0 spiro atoms. The Kier molecular flexibility index (Phi) is 5.93. The normalized spacial score (nSPS) is 11.6. The van der Waals surface area contributed by atoms with Gasteiger partial charge in [0.1, 0.15) is 5.82 Å². The van der Waals surface area contributed by atoms with Crippen LogP contribution < -0.4 is 10.6 Å². The zero-order valence-electron chi connectivity index (χ0n) is 10.8. The summed E-state index contributed by atoms with van der Waals surface area (Å²) in [6.45, 7) is 7.07. The molecule has 0 atom stereocenters. The van der Waals surface area contributed by atoms with E-state index in [1.807, 2.05) is 13.0 Å². The smallest absolute Gasteiger partial charge is 0.171 e. The third kappa shape index (κ3) is 3.89. The number of nitrogens with two attached hydrogens (primary N) is 1. The van der Waals surface area contributed by atoms with E-state index in [4.69, 9.17) is 15.7 Å². The maximum absolute atomic E-state index is 8.56. The fourth-order valence-corrected chi connectivity index (χ4v) is 1.54. The second-order valence-corrected chi connectivity index (χ2v) is 3.67. The molecule has 0 amide bonds. The second-order valence-electron chi connectivity index (χ2n) is 3.67. The van der Waals surface area contributed by atoms with Crippen LogP contribution in [-0.2, 0) is 4.74 Å². The number of nitrogens with zero attached hydrogens (tertiary/aromatic N) is 3. The van der Waals surface area contributed by atoms with Crippen LogP contribution in [0.5, 0.6) is 0 Å². The molecule has 3 N–H and O–H groups in total. The van der Waals surface area contributed by atoms with Gasteiger partial charge in [0, 0.05) is 31.5 Å². The largest absolute Gasteiger partial charge is 0.409 e. The highest BCUT2D eigenvalue weighted by molar-refractivity contribution is 5.96. The Morgan fingerprint density at radius 2 is 2.28 bits per heavy atom. The molecular formula is C12H20N4O2. The lowest BCUT2D eigenvalue weighted by Gasteiger charge is -2.21. The molecule has 1 aromatic heterocycles. The van der Waals surface area contributed by atoms with Crippen LogP contribution in [0.15, 0.2) is 23.5 Å². The van der Waals surface area contributed by atoms with Crippen LogP contribution in [0.25, 0.3) is 0 Å². The lowest BCUT2D eigenvalue weighted by atomic mass is 10.2. The van der Waals surface area contributed by atoms with Crippen molar-refractivity contribution in [3.8, 4) is 0 Å². The van der Waals surface area contributed by atoms with Gasteiger partial charge in [0.2, 0.25) is 0 Å². The van der Waals surface area contributed by atoms with Crippen LogP contribution in [0, 0.1) is 0 Å². The number of pyridine rings is 1. The minimum absolute atomic E-state index is 0.0615. The van der Waals surface area contributed by atoms with E-state index >= 15 is 0 Å². The van der Waals surface area contributed by atoms with Gasteiger partial charge in [0.25, 0.3) is 0 Å². The van der Waals surface area contributed by atoms with Gasteiger partial charge in [-0.1, -0.05) is 5.16 Å². The molecule has 0 radical (unpaired) electrons. The number of hydrogen-bond acceptors (Lipinski definition) is 5. The number of anilines is 1. The average Bonchev–Trinajstić information content (AvgIpc) is 2.43. The fourth-order valence-electron chi connectivity index (χ4n) is 1.54. The zero-order valence-corrected chi connectivity index (χ0v) is 10.8. The molecule has 0 unspecified atom stereocenters. The number of likely N-dealkylation sites (N-methyl/N-ethyl adjacent to an activating group) is 1. The van der Waals surface area contributed by atoms with Crippen molar-refractivity contribution in [2.24, 2.45) is 10.9 Å². The predicted molar refractivity (Wildman–Crippen MR) is 71.1 cm³/mol. The third-order valence-electron chi connectivity index (χ3n) is 2.57. The molecule has 0 bridgehead atoms. The molecule has 6 heteroatoms. The first-order chi connectivity index (χ1) is 8.72. The van der Waals surface area contributed by atoms with Crippen LogP contribution in [0.4, 0.5) is 5.82 Å². The predicted octanol–water partition coefficient (Wildman–Crippen LogP) is 1.04. The van der Waals surface area contributed by atoms with Gasteiger partial charge in [0.05, 0.1) is 6.61 Å². The van der Waals surface area contributed by atoms with Crippen molar-refractivity contribution in [2.75, 3.05) is 31.2 Å². The van der Waals surface area contributed by atoms with E-state index in [0.29, 0.717) is 18.8 Å². The Bertz CT molecular complexity index is 378. The highest BCUT2D eigenvalue weighted by Gasteiger charge is 2.06. The van der Waals surface area contributed by atoms with Gasteiger partial charge in [0.15, 0.2) is 5.84 Å². The first-order valence-electron chi connectivity index (χ1n) is 5.99. The molecule has 0 saturated carbocycles. The molecule has 1 rings (SSSR count). The molecule has 0 aliphatic rings. The summed E-state index contributed by atoms with van der Waals surface area (Å²) in [4.78, 5) is 6.40. The van der Waals surface area contributed by atoms with Crippen molar-refractivity contribution in [3.63, 3.8) is 0 Å². The van der Waals surface area contributed by atoms with Gasteiger partial charge in [-0.2, -0.15) is 0 Å². The Labute approximate surface area is 107 Å². The SMILES string of the molecule is CCOCCN(CC)c1ccc(C(N)=NO)cn1. The maximum Gasteiger partial charge on any atom is 0.171 e. The summed E-state index contributed by atoms with van der Waals surface area (Å²) < 4.78 is 5.33. The molecule has 1 heterocycles. The molecule has 1 aromatic rings. The van der Waals surface area contributed by atoms with Gasteiger partial charge in [-0.15, -0.1) is 0 Å². The highest BCUT2D eigenvalue weighted by Crippen LogP contribution is 2.10. The quantitative estimate of drug-likeness (QED) is 0.249. The molecule has 100 valence electrons. The summed E-state index contributed by atoms with van der Waals surface area (Å²) in [5, 5.41) is 11.5. The Hall–Kier alpha value is -1.82. The number of oxime groups is 1. The van der Waals surface area contributed by atoms with E-state index in [1.165, 1.54) is 0 Å². The van der Waals surface area contributed by atoms with Crippen LogP contribution >= 0.6 is 0 Å². The van der Waals surface area contributed by atoms with Crippen LogP contribution in [-0.4, -0.2) is 42.3 Å². The van der Waals surface area contributed by atoms with Gasteiger partial charge in [-0.05, 0) is 26.0 Å². The molecule has 0 fully saturated rings. The van der Waals surface area contributed by atoms with E-state index in [1.54, 1.807) is 12.3 Å². The molecule has 0 aromatic carbocycles. The fraction of sp³-hybridized carbons (Fsp3) is 0.500.